The molecule has 168 valence electrons. The lowest BCUT2D eigenvalue weighted by Crippen LogP contribution is -2.49. The topological polar surface area (TPSA) is 48.5 Å². The van der Waals surface area contributed by atoms with Gasteiger partial charge in [-0.05, 0) is 30.3 Å². The molecule has 0 aliphatic carbocycles. The zero-order chi connectivity index (χ0) is 22.7. The number of hydrogen-bond donors (Lipinski definition) is 1. The van der Waals surface area contributed by atoms with E-state index in [9.17, 15) is 18.0 Å². The van der Waals surface area contributed by atoms with Crippen LogP contribution in [0.2, 0.25) is 5.02 Å². The number of hydrogen-bond acceptors (Lipinski definition) is 5. The van der Waals surface area contributed by atoms with Gasteiger partial charge in [0.25, 0.3) is 0 Å². The minimum absolute atomic E-state index is 0.0280. The van der Waals surface area contributed by atoms with Crippen LogP contribution in [0.1, 0.15) is 11.3 Å². The number of carbonyl (C=O) groups excluding carboxylic acids is 1. The minimum atomic E-state index is -4.41. The fraction of sp³-hybridized carbons (Fsp3) is 0.273. The summed E-state index contributed by atoms with van der Waals surface area (Å²) in [5, 5.41) is 5.76. The summed E-state index contributed by atoms with van der Waals surface area (Å²) in [6, 6.07) is 12.6. The van der Waals surface area contributed by atoms with Crippen molar-refractivity contribution in [2.75, 3.05) is 36.4 Å². The van der Waals surface area contributed by atoms with E-state index in [0.29, 0.717) is 47.7 Å². The molecule has 32 heavy (non-hydrogen) atoms. The predicted octanol–water partition coefficient (Wildman–Crippen LogP) is 5.45. The van der Waals surface area contributed by atoms with Crippen LogP contribution in [0, 0.1) is 0 Å². The molecule has 1 aliphatic heterocycles. The Kier molecular flexibility index (Phi) is 6.57. The Morgan fingerprint density at radius 2 is 1.84 bits per heavy atom. The number of anilines is 3. The van der Waals surface area contributed by atoms with Crippen LogP contribution in [0.4, 0.5) is 29.7 Å². The van der Waals surface area contributed by atoms with Gasteiger partial charge in [-0.15, -0.1) is 11.3 Å². The summed E-state index contributed by atoms with van der Waals surface area (Å²) in [7, 11) is 0. The third-order valence-electron chi connectivity index (χ3n) is 5.15. The average molecular weight is 481 g/mol. The van der Waals surface area contributed by atoms with Crippen molar-refractivity contribution in [1.29, 1.82) is 0 Å². The van der Waals surface area contributed by atoms with E-state index < -0.39 is 11.7 Å². The Bertz CT molecular complexity index is 1100. The number of aromatic nitrogens is 1. The van der Waals surface area contributed by atoms with Crippen molar-refractivity contribution in [3.05, 3.63) is 70.2 Å². The van der Waals surface area contributed by atoms with Gasteiger partial charge in [-0.2, -0.15) is 13.2 Å². The number of alkyl halides is 3. The number of carbonyl (C=O) groups is 1. The molecule has 1 saturated heterocycles. The molecule has 1 aromatic heterocycles. The van der Waals surface area contributed by atoms with Gasteiger partial charge < -0.3 is 15.1 Å². The highest BCUT2D eigenvalue weighted by molar-refractivity contribution is 7.13. The van der Waals surface area contributed by atoms with Crippen LogP contribution in [0.3, 0.4) is 0 Å². The molecule has 2 aromatic carbocycles. The van der Waals surface area contributed by atoms with E-state index in [1.807, 2.05) is 24.3 Å². The Hall–Kier alpha value is -2.78. The molecule has 1 amide bonds. The first-order valence-corrected chi connectivity index (χ1v) is 11.2. The monoisotopic (exact) mass is 480 g/mol. The number of piperazine rings is 1. The number of nitrogens with one attached hydrogen (secondary N) is 1. The first-order valence-electron chi connectivity index (χ1n) is 9.95. The molecule has 1 N–H and O–H groups in total. The summed E-state index contributed by atoms with van der Waals surface area (Å²) >= 11 is 7.51. The zero-order valence-corrected chi connectivity index (χ0v) is 18.5. The fourth-order valence-corrected chi connectivity index (χ4v) is 4.50. The van der Waals surface area contributed by atoms with Crippen molar-refractivity contribution in [1.82, 2.24) is 9.88 Å². The summed E-state index contributed by atoms with van der Waals surface area (Å²) in [6.07, 6.45) is -4.26. The van der Waals surface area contributed by atoms with Crippen LogP contribution < -0.4 is 10.2 Å². The van der Waals surface area contributed by atoms with Crippen LogP contribution in [-0.4, -0.2) is 42.0 Å². The minimum Gasteiger partial charge on any atom is -0.367 e. The molecule has 1 fully saturated rings. The van der Waals surface area contributed by atoms with Crippen molar-refractivity contribution in [2.24, 2.45) is 0 Å². The number of halogens is 4. The fourth-order valence-electron chi connectivity index (χ4n) is 3.51. The van der Waals surface area contributed by atoms with Crippen molar-refractivity contribution < 1.29 is 18.0 Å². The van der Waals surface area contributed by atoms with Crippen LogP contribution in [0.5, 0.6) is 0 Å². The van der Waals surface area contributed by atoms with Crippen molar-refractivity contribution in [2.45, 2.75) is 12.6 Å². The van der Waals surface area contributed by atoms with E-state index in [1.165, 1.54) is 17.4 Å². The standard InChI is InChI=1S/C22H20ClF3N4OS/c23-18-6-1-2-7-19(18)29-8-10-30(11-9-29)20(31)13-17-14-32-21(28-17)27-16-5-3-4-15(12-16)22(24,25)26/h1-7,12,14H,8-11,13H2,(H,27,28). The molecule has 0 unspecified atom stereocenters. The smallest absolute Gasteiger partial charge is 0.367 e. The van der Waals surface area contributed by atoms with Crippen LogP contribution >= 0.6 is 22.9 Å². The van der Waals surface area contributed by atoms with Crippen molar-refractivity contribution in [3.63, 3.8) is 0 Å². The third-order valence-corrected chi connectivity index (χ3v) is 6.28. The van der Waals surface area contributed by atoms with Crippen LogP contribution in [-0.2, 0) is 17.4 Å². The van der Waals surface area contributed by atoms with Gasteiger partial charge in [-0.25, -0.2) is 4.98 Å². The third kappa shape index (κ3) is 5.34. The quantitative estimate of drug-likeness (QED) is 0.527. The van der Waals surface area contributed by atoms with Gasteiger partial charge in [-0.3, -0.25) is 4.79 Å². The summed E-state index contributed by atoms with van der Waals surface area (Å²) in [5.41, 5.74) is 1.11. The summed E-state index contributed by atoms with van der Waals surface area (Å²) in [5.74, 6) is -0.0280. The second-order valence-corrected chi connectivity index (χ2v) is 8.61. The number of nitrogens with zero attached hydrogens (tertiary/aromatic N) is 3. The predicted molar refractivity (Wildman–Crippen MR) is 121 cm³/mol. The molecule has 5 nitrogen and oxygen atoms in total. The van der Waals surface area contributed by atoms with Gasteiger partial charge in [0, 0.05) is 37.2 Å². The van der Waals surface area contributed by atoms with Gasteiger partial charge in [0.1, 0.15) is 0 Å². The highest BCUT2D eigenvalue weighted by atomic mass is 35.5. The summed E-state index contributed by atoms with van der Waals surface area (Å²) in [6.45, 7) is 2.55. The first kappa shape index (κ1) is 22.4. The van der Waals surface area contributed by atoms with E-state index in [1.54, 1.807) is 16.3 Å². The maximum atomic E-state index is 12.9. The summed E-state index contributed by atoms with van der Waals surface area (Å²) < 4.78 is 38.6. The maximum absolute atomic E-state index is 12.9. The van der Waals surface area contributed by atoms with Gasteiger partial charge in [0.05, 0.1) is 28.4 Å². The number of thiazole rings is 1. The van der Waals surface area contributed by atoms with E-state index >= 15 is 0 Å². The molecule has 0 saturated carbocycles. The Morgan fingerprint density at radius 3 is 2.56 bits per heavy atom. The number of benzene rings is 2. The lowest BCUT2D eigenvalue weighted by Gasteiger charge is -2.36. The lowest BCUT2D eigenvalue weighted by atomic mass is 10.2. The average Bonchev–Trinajstić information content (AvgIpc) is 3.20. The molecule has 0 atom stereocenters. The highest BCUT2D eigenvalue weighted by Gasteiger charge is 2.30. The van der Waals surface area contributed by atoms with Gasteiger partial charge in [0.15, 0.2) is 5.13 Å². The molecule has 1 aliphatic rings. The van der Waals surface area contributed by atoms with Crippen molar-refractivity contribution in [3.8, 4) is 0 Å². The largest absolute Gasteiger partial charge is 0.416 e. The molecule has 10 heteroatoms. The number of amides is 1. The maximum Gasteiger partial charge on any atom is 0.416 e. The number of rotatable bonds is 5. The summed E-state index contributed by atoms with van der Waals surface area (Å²) in [4.78, 5) is 21.0. The molecule has 2 heterocycles. The SMILES string of the molecule is O=C(Cc1csc(Nc2cccc(C(F)(F)F)c2)n1)N1CCN(c2ccccc2Cl)CC1. The normalized spacial score (nSPS) is 14.5. The number of para-hydroxylation sites is 1. The Labute approximate surface area is 192 Å². The second kappa shape index (κ2) is 9.38. The molecule has 0 bridgehead atoms. The zero-order valence-electron chi connectivity index (χ0n) is 16.9. The van der Waals surface area contributed by atoms with E-state index in [-0.39, 0.29) is 12.3 Å². The van der Waals surface area contributed by atoms with Gasteiger partial charge in [-0.1, -0.05) is 29.8 Å². The Morgan fingerprint density at radius 1 is 1.09 bits per heavy atom. The first-order chi connectivity index (χ1) is 15.3. The molecular weight excluding hydrogens is 461 g/mol. The van der Waals surface area contributed by atoms with E-state index in [0.717, 1.165) is 17.8 Å². The lowest BCUT2D eigenvalue weighted by molar-refractivity contribution is -0.137. The molecular formula is C22H20ClF3N4OS. The van der Waals surface area contributed by atoms with Crippen LogP contribution in [0.15, 0.2) is 53.9 Å². The molecule has 3 aromatic rings. The second-order valence-electron chi connectivity index (χ2n) is 7.34. The molecule has 0 radical (unpaired) electrons. The molecule has 0 spiro atoms. The van der Waals surface area contributed by atoms with E-state index in [2.05, 4.69) is 15.2 Å². The van der Waals surface area contributed by atoms with Crippen molar-refractivity contribution >= 4 is 45.4 Å². The van der Waals surface area contributed by atoms with Gasteiger partial charge in [0.2, 0.25) is 5.91 Å². The van der Waals surface area contributed by atoms with Gasteiger partial charge >= 0.3 is 6.18 Å². The van der Waals surface area contributed by atoms with E-state index in [4.69, 9.17) is 11.6 Å². The highest BCUT2D eigenvalue weighted by Crippen LogP contribution is 2.32. The Balaban J connectivity index is 1.32. The van der Waals surface area contributed by atoms with Crippen LogP contribution in [0.25, 0.3) is 0 Å². The molecule has 4 rings (SSSR count).